The lowest BCUT2D eigenvalue weighted by Gasteiger charge is -2.34. The van der Waals surface area contributed by atoms with E-state index in [1.165, 1.54) is 0 Å². The van der Waals surface area contributed by atoms with Crippen molar-refractivity contribution in [2.45, 2.75) is 44.6 Å². The van der Waals surface area contributed by atoms with Crippen LogP contribution >= 0.6 is 12.4 Å². The number of hydrogen-bond donors (Lipinski definition) is 2. The van der Waals surface area contributed by atoms with E-state index in [1.54, 1.807) is 4.90 Å². The first kappa shape index (κ1) is 19.0. The molecule has 2 aliphatic heterocycles. The largest absolute Gasteiger partial charge is 0.339 e. The minimum absolute atomic E-state index is 0. The van der Waals surface area contributed by atoms with Crippen LogP contribution in [-0.4, -0.2) is 65.9 Å². The Morgan fingerprint density at radius 2 is 1.83 bits per heavy atom. The maximum Gasteiger partial charge on any atom is 0.325 e. The second-order valence-electron chi connectivity index (χ2n) is 6.89. The van der Waals surface area contributed by atoms with Crippen molar-refractivity contribution < 1.29 is 14.4 Å². The van der Waals surface area contributed by atoms with Gasteiger partial charge in [0.1, 0.15) is 12.1 Å². The van der Waals surface area contributed by atoms with E-state index in [1.807, 2.05) is 0 Å². The number of piperazine rings is 1. The Morgan fingerprint density at radius 3 is 2.42 bits per heavy atom. The van der Waals surface area contributed by atoms with Gasteiger partial charge in [-0.1, -0.05) is 13.3 Å². The number of amides is 4. The van der Waals surface area contributed by atoms with Crippen LogP contribution in [0.2, 0.25) is 0 Å². The third-order valence-corrected chi connectivity index (χ3v) is 5.55. The molecule has 0 radical (unpaired) electrons. The molecular formula is C16H27ClN4O3. The number of carbonyl (C=O) groups excluding carboxylic acids is 3. The summed E-state index contributed by atoms with van der Waals surface area (Å²) in [5.41, 5.74) is -0.757. The average molecular weight is 359 g/mol. The normalized spacial score (nSPS) is 30.3. The number of urea groups is 1. The monoisotopic (exact) mass is 358 g/mol. The summed E-state index contributed by atoms with van der Waals surface area (Å²) < 4.78 is 0. The molecule has 0 aromatic carbocycles. The maximum absolute atomic E-state index is 12.8. The van der Waals surface area contributed by atoms with Gasteiger partial charge >= 0.3 is 6.03 Å². The summed E-state index contributed by atoms with van der Waals surface area (Å²) in [6, 6.07) is -0.409. The minimum Gasteiger partial charge on any atom is -0.339 e. The van der Waals surface area contributed by atoms with E-state index >= 15 is 0 Å². The van der Waals surface area contributed by atoms with Gasteiger partial charge in [-0.05, 0) is 31.6 Å². The second-order valence-corrected chi connectivity index (χ2v) is 6.89. The topological polar surface area (TPSA) is 81.8 Å². The predicted octanol–water partition coefficient (Wildman–Crippen LogP) is 0.731. The number of halogens is 1. The van der Waals surface area contributed by atoms with Crippen molar-refractivity contribution in [2.75, 3.05) is 32.7 Å². The molecule has 3 fully saturated rings. The van der Waals surface area contributed by atoms with Gasteiger partial charge in [0.2, 0.25) is 5.91 Å². The minimum atomic E-state index is -0.757. The van der Waals surface area contributed by atoms with Crippen molar-refractivity contribution in [3.05, 3.63) is 0 Å². The summed E-state index contributed by atoms with van der Waals surface area (Å²) in [6.45, 7) is 4.81. The lowest BCUT2D eigenvalue weighted by molar-refractivity contribution is -0.140. The van der Waals surface area contributed by atoms with Crippen LogP contribution in [0.5, 0.6) is 0 Å². The van der Waals surface area contributed by atoms with E-state index < -0.39 is 11.6 Å². The summed E-state index contributed by atoms with van der Waals surface area (Å²) in [5, 5.41) is 6.06. The molecule has 136 valence electrons. The van der Waals surface area contributed by atoms with Gasteiger partial charge < -0.3 is 15.5 Å². The van der Waals surface area contributed by atoms with E-state index in [-0.39, 0.29) is 30.8 Å². The van der Waals surface area contributed by atoms with Gasteiger partial charge in [0.15, 0.2) is 0 Å². The third kappa shape index (κ3) is 3.52. The summed E-state index contributed by atoms with van der Waals surface area (Å²) in [7, 11) is 0. The Hall–Kier alpha value is -1.34. The van der Waals surface area contributed by atoms with Crippen LogP contribution in [0.4, 0.5) is 4.79 Å². The molecule has 1 saturated carbocycles. The first-order chi connectivity index (χ1) is 11.1. The van der Waals surface area contributed by atoms with Crippen molar-refractivity contribution in [2.24, 2.45) is 5.92 Å². The molecule has 4 amide bonds. The fourth-order valence-electron chi connectivity index (χ4n) is 3.89. The van der Waals surface area contributed by atoms with Crippen molar-refractivity contribution >= 4 is 30.3 Å². The third-order valence-electron chi connectivity index (χ3n) is 5.55. The fourth-order valence-corrected chi connectivity index (χ4v) is 3.89. The van der Waals surface area contributed by atoms with E-state index in [0.29, 0.717) is 31.8 Å². The molecular weight excluding hydrogens is 332 g/mol. The van der Waals surface area contributed by atoms with Gasteiger partial charge in [-0.25, -0.2) is 4.79 Å². The predicted molar refractivity (Wildman–Crippen MR) is 91.9 cm³/mol. The van der Waals surface area contributed by atoms with Gasteiger partial charge in [0, 0.05) is 26.2 Å². The van der Waals surface area contributed by atoms with Gasteiger partial charge in [0.25, 0.3) is 5.91 Å². The number of rotatable bonds is 3. The molecule has 0 unspecified atom stereocenters. The molecule has 0 atom stereocenters. The highest BCUT2D eigenvalue weighted by molar-refractivity contribution is 6.09. The summed E-state index contributed by atoms with van der Waals surface area (Å²) in [6.07, 6.45) is 4.41. The molecule has 7 nitrogen and oxygen atoms in total. The molecule has 0 aromatic rings. The highest BCUT2D eigenvalue weighted by Crippen LogP contribution is 2.37. The van der Waals surface area contributed by atoms with Crippen LogP contribution in [0, 0.1) is 5.92 Å². The van der Waals surface area contributed by atoms with Crippen LogP contribution in [0.1, 0.15) is 39.0 Å². The van der Waals surface area contributed by atoms with Crippen LogP contribution < -0.4 is 10.6 Å². The van der Waals surface area contributed by atoms with Crippen LogP contribution in [0.3, 0.4) is 0 Å². The number of hydrogen-bond acceptors (Lipinski definition) is 4. The quantitative estimate of drug-likeness (QED) is 0.729. The van der Waals surface area contributed by atoms with Gasteiger partial charge in [-0.3, -0.25) is 14.5 Å². The molecule has 3 rings (SSSR count). The molecule has 0 bridgehead atoms. The number of nitrogens with one attached hydrogen (secondary N) is 2. The maximum atomic E-state index is 12.8. The molecule has 0 aromatic heterocycles. The van der Waals surface area contributed by atoms with Gasteiger partial charge in [0.05, 0.1) is 0 Å². The van der Waals surface area contributed by atoms with Gasteiger partial charge in [-0.15, -0.1) is 12.4 Å². The first-order valence-corrected chi connectivity index (χ1v) is 8.68. The lowest BCUT2D eigenvalue weighted by atomic mass is 9.75. The van der Waals surface area contributed by atoms with Crippen molar-refractivity contribution in [3.63, 3.8) is 0 Å². The molecule has 1 aliphatic carbocycles. The van der Waals surface area contributed by atoms with E-state index in [4.69, 9.17) is 0 Å². The van der Waals surface area contributed by atoms with Crippen molar-refractivity contribution in [1.29, 1.82) is 0 Å². The Bertz CT molecular complexity index is 500. The van der Waals surface area contributed by atoms with Crippen molar-refractivity contribution in [1.82, 2.24) is 20.4 Å². The smallest absolute Gasteiger partial charge is 0.325 e. The zero-order chi connectivity index (χ0) is 16.4. The molecule has 2 saturated heterocycles. The van der Waals surface area contributed by atoms with Gasteiger partial charge in [-0.2, -0.15) is 0 Å². The molecule has 2 heterocycles. The summed E-state index contributed by atoms with van der Waals surface area (Å²) in [4.78, 5) is 40.2. The SMILES string of the molecule is CCC1CCC2(CC1)NC(=O)N(CC(=O)N1CCNCC1)C2=O.Cl. The zero-order valence-corrected chi connectivity index (χ0v) is 15.0. The Labute approximate surface area is 148 Å². The van der Waals surface area contributed by atoms with Crippen LogP contribution in [-0.2, 0) is 9.59 Å². The zero-order valence-electron chi connectivity index (χ0n) is 14.2. The molecule has 3 aliphatic rings. The Kier molecular flexibility index (Phi) is 6.09. The average Bonchev–Trinajstić information content (AvgIpc) is 2.81. The molecule has 24 heavy (non-hydrogen) atoms. The van der Waals surface area contributed by atoms with E-state index in [0.717, 1.165) is 37.3 Å². The van der Waals surface area contributed by atoms with E-state index in [9.17, 15) is 14.4 Å². The number of nitrogens with zero attached hydrogens (tertiary/aromatic N) is 2. The molecule has 2 N–H and O–H groups in total. The Morgan fingerprint density at radius 1 is 1.21 bits per heavy atom. The standard InChI is InChI=1S/C16H26N4O3.ClH/c1-2-12-3-5-16(6-4-12)14(22)20(15(23)18-16)11-13(21)19-9-7-17-8-10-19;/h12,17H,2-11H2,1H3,(H,18,23);1H. The number of imide groups is 1. The summed E-state index contributed by atoms with van der Waals surface area (Å²) in [5.74, 6) is 0.289. The Balaban J connectivity index is 0.00000208. The highest BCUT2D eigenvalue weighted by Gasteiger charge is 2.52. The summed E-state index contributed by atoms with van der Waals surface area (Å²) >= 11 is 0. The van der Waals surface area contributed by atoms with Crippen LogP contribution in [0.15, 0.2) is 0 Å². The fraction of sp³-hybridized carbons (Fsp3) is 0.812. The lowest BCUT2D eigenvalue weighted by Crippen LogP contribution is -2.52. The first-order valence-electron chi connectivity index (χ1n) is 8.68. The molecule has 1 spiro atoms. The highest BCUT2D eigenvalue weighted by atomic mass is 35.5. The molecule has 8 heteroatoms. The number of carbonyl (C=O) groups is 3. The van der Waals surface area contributed by atoms with E-state index in [2.05, 4.69) is 17.6 Å². The van der Waals surface area contributed by atoms with Crippen LogP contribution in [0.25, 0.3) is 0 Å². The second kappa shape index (κ2) is 7.70. The van der Waals surface area contributed by atoms with Crippen molar-refractivity contribution in [3.8, 4) is 0 Å².